The maximum atomic E-state index is 12.4. The summed E-state index contributed by atoms with van der Waals surface area (Å²) >= 11 is 0. The van der Waals surface area contributed by atoms with E-state index in [0.29, 0.717) is 25.3 Å². The lowest BCUT2D eigenvalue weighted by Gasteiger charge is -2.46. The van der Waals surface area contributed by atoms with E-state index in [9.17, 15) is 9.59 Å². The van der Waals surface area contributed by atoms with E-state index in [2.05, 4.69) is 19.2 Å². The molecule has 1 aliphatic heterocycles. The van der Waals surface area contributed by atoms with E-state index in [1.54, 1.807) is 4.90 Å². The highest BCUT2D eigenvalue weighted by Crippen LogP contribution is 2.27. The summed E-state index contributed by atoms with van der Waals surface area (Å²) in [6.45, 7) is 10.7. The Morgan fingerprint density at radius 1 is 1.33 bits per heavy atom. The van der Waals surface area contributed by atoms with Gasteiger partial charge in [-0.25, -0.2) is 0 Å². The summed E-state index contributed by atoms with van der Waals surface area (Å²) in [6, 6.07) is -0.346. The molecule has 18 heavy (non-hydrogen) atoms. The second-order valence-electron chi connectivity index (χ2n) is 5.52. The summed E-state index contributed by atoms with van der Waals surface area (Å²) in [5.74, 6) is 0.477. The monoisotopic (exact) mass is 254 g/mol. The molecule has 4 heteroatoms. The molecule has 1 fully saturated rings. The van der Waals surface area contributed by atoms with Crippen LogP contribution in [0.2, 0.25) is 0 Å². The molecule has 0 bridgehead atoms. The van der Waals surface area contributed by atoms with E-state index in [-0.39, 0.29) is 17.9 Å². The molecule has 3 unspecified atom stereocenters. The molecular formula is C14H26N2O2. The van der Waals surface area contributed by atoms with Crippen molar-refractivity contribution in [2.45, 2.75) is 65.5 Å². The van der Waals surface area contributed by atoms with E-state index in [4.69, 9.17) is 0 Å². The highest BCUT2D eigenvalue weighted by molar-refractivity contribution is 5.99. The molecule has 1 saturated heterocycles. The van der Waals surface area contributed by atoms with Crippen molar-refractivity contribution >= 4 is 11.8 Å². The zero-order valence-corrected chi connectivity index (χ0v) is 12.2. The predicted octanol–water partition coefficient (Wildman–Crippen LogP) is 1.94. The van der Waals surface area contributed by atoms with E-state index < -0.39 is 5.54 Å². The average Bonchev–Trinajstić information content (AvgIpc) is 2.38. The molecule has 1 rings (SSSR count). The molecule has 0 aliphatic carbocycles. The molecule has 3 atom stereocenters. The van der Waals surface area contributed by atoms with Crippen molar-refractivity contribution in [3.63, 3.8) is 0 Å². The standard InChI is InChI=1S/C14H26N2O2/c1-6-10(4)9-16-12(17)11(7-2)15-13(18)14(16,5)8-3/h10-11H,6-9H2,1-5H3,(H,15,18). The number of amides is 2. The Balaban J connectivity index is 3.02. The normalized spacial score (nSPS) is 30.3. The Hall–Kier alpha value is -1.06. The SMILES string of the molecule is CCC(C)CN1C(=O)C(CC)NC(=O)C1(C)CC. The molecule has 0 radical (unpaired) electrons. The number of nitrogens with one attached hydrogen (secondary N) is 1. The molecule has 0 aromatic carbocycles. The highest BCUT2D eigenvalue weighted by Gasteiger charge is 2.47. The first-order chi connectivity index (χ1) is 8.40. The van der Waals surface area contributed by atoms with Crippen LogP contribution in [-0.4, -0.2) is 34.8 Å². The van der Waals surface area contributed by atoms with Crippen LogP contribution in [0.3, 0.4) is 0 Å². The quantitative estimate of drug-likeness (QED) is 0.815. The minimum absolute atomic E-state index is 0.0141. The Morgan fingerprint density at radius 2 is 1.94 bits per heavy atom. The third-order valence-corrected chi connectivity index (χ3v) is 4.24. The van der Waals surface area contributed by atoms with Crippen LogP contribution in [0, 0.1) is 5.92 Å². The van der Waals surface area contributed by atoms with Gasteiger partial charge in [-0.1, -0.05) is 34.1 Å². The summed E-state index contributed by atoms with van der Waals surface area (Å²) in [7, 11) is 0. The largest absolute Gasteiger partial charge is 0.342 e. The van der Waals surface area contributed by atoms with Crippen molar-refractivity contribution in [3.8, 4) is 0 Å². The number of piperazine rings is 1. The van der Waals surface area contributed by atoms with Crippen LogP contribution >= 0.6 is 0 Å². The molecular weight excluding hydrogens is 228 g/mol. The van der Waals surface area contributed by atoms with Crippen LogP contribution in [0.25, 0.3) is 0 Å². The van der Waals surface area contributed by atoms with Gasteiger partial charge >= 0.3 is 0 Å². The Morgan fingerprint density at radius 3 is 2.39 bits per heavy atom. The molecule has 104 valence electrons. The van der Waals surface area contributed by atoms with Crippen molar-refractivity contribution in [1.82, 2.24) is 10.2 Å². The van der Waals surface area contributed by atoms with E-state index in [0.717, 1.165) is 6.42 Å². The summed E-state index contributed by atoms with van der Waals surface area (Å²) < 4.78 is 0. The number of carbonyl (C=O) groups is 2. The van der Waals surface area contributed by atoms with Crippen LogP contribution in [0.5, 0.6) is 0 Å². The first kappa shape index (κ1) is 15.0. The maximum absolute atomic E-state index is 12.4. The van der Waals surface area contributed by atoms with Crippen molar-refractivity contribution in [3.05, 3.63) is 0 Å². The lowest BCUT2D eigenvalue weighted by atomic mass is 9.88. The Labute approximate surface area is 110 Å². The lowest BCUT2D eigenvalue weighted by molar-refractivity contribution is -0.157. The van der Waals surface area contributed by atoms with Crippen molar-refractivity contribution in [2.24, 2.45) is 5.92 Å². The molecule has 1 N–H and O–H groups in total. The van der Waals surface area contributed by atoms with Crippen molar-refractivity contribution < 1.29 is 9.59 Å². The van der Waals surface area contributed by atoms with Gasteiger partial charge in [0.05, 0.1) is 0 Å². The van der Waals surface area contributed by atoms with Gasteiger partial charge in [0.1, 0.15) is 11.6 Å². The zero-order chi connectivity index (χ0) is 13.9. The van der Waals surface area contributed by atoms with Gasteiger partial charge < -0.3 is 10.2 Å². The number of carbonyl (C=O) groups excluding carboxylic acids is 2. The van der Waals surface area contributed by atoms with E-state index in [1.165, 1.54) is 0 Å². The fourth-order valence-electron chi connectivity index (χ4n) is 2.29. The number of nitrogens with zero attached hydrogens (tertiary/aromatic N) is 1. The topological polar surface area (TPSA) is 49.4 Å². The summed E-state index contributed by atoms with van der Waals surface area (Å²) in [5.41, 5.74) is -0.688. The van der Waals surface area contributed by atoms with Gasteiger partial charge in [0.15, 0.2) is 0 Å². The van der Waals surface area contributed by atoms with Crippen molar-refractivity contribution in [2.75, 3.05) is 6.54 Å². The van der Waals surface area contributed by atoms with Gasteiger partial charge in [-0.2, -0.15) is 0 Å². The predicted molar refractivity (Wildman–Crippen MR) is 72.1 cm³/mol. The highest BCUT2D eigenvalue weighted by atomic mass is 16.2. The first-order valence-corrected chi connectivity index (χ1v) is 7.03. The summed E-state index contributed by atoms with van der Waals surface area (Å²) in [5, 5.41) is 2.85. The van der Waals surface area contributed by atoms with Gasteiger partial charge in [0, 0.05) is 6.54 Å². The van der Waals surface area contributed by atoms with E-state index in [1.807, 2.05) is 20.8 Å². The average molecular weight is 254 g/mol. The fraction of sp³-hybridized carbons (Fsp3) is 0.857. The smallest absolute Gasteiger partial charge is 0.246 e. The minimum atomic E-state index is -0.688. The van der Waals surface area contributed by atoms with Gasteiger partial charge in [-0.15, -0.1) is 0 Å². The Kier molecular flexibility index (Phi) is 4.77. The van der Waals surface area contributed by atoms with Crippen LogP contribution in [0.15, 0.2) is 0 Å². The third kappa shape index (κ3) is 2.52. The van der Waals surface area contributed by atoms with Gasteiger partial charge in [0.2, 0.25) is 11.8 Å². The lowest BCUT2D eigenvalue weighted by Crippen LogP contribution is -2.69. The maximum Gasteiger partial charge on any atom is 0.246 e. The second kappa shape index (κ2) is 5.72. The molecule has 1 heterocycles. The number of hydrogen-bond donors (Lipinski definition) is 1. The van der Waals surface area contributed by atoms with Gasteiger partial charge in [-0.3, -0.25) is 9.59 Å². The first-order valence-electron chi connectivity index (χ1n) is 7.03. The zero-order valence-electron chi connectivity index (χ0n) is 12.2. The number of rotatable bonds is 5. The van der Waals surface area contributed by atoms with Gasteiger partial charge in [0.25, 0.3) is 0 Å². The van der Waals surface area contributed by atoms with E-state index >= 15 is 0 Å². The summed E-state index contributed by atoms with van der Waals surface area (Å²) in [6.07, 6.45) is 2.32. The van der Waals surface area contributed by atoms with Crippen LogP contribution in [0.4, 0.5) is 0 Å². The molecule has 1 aliphatic rings. The molecule has 0 saturated carbocycles. The fourth-order valence-corrected chi connectivity index (χ4v) is 2.29. The van der Waals surface area contributed by atoms with Crippen LogP contribution < -0.4 is 5.32 Å². The van der Waals surface area contributed by atoms with Gasteiger partial charge in [-0.05, 0) is 25.7 Å². The van der Waals surface area contributed by atoms with Crippen LogP contribution in [-0.2, 0) is 9.59 Å². The molecule has 0 spiro atoms. The molecule has 4 nitrogen and oxygen atoms in total. The molecule has 2 amide bonds. The minimum Gasteiger partial charge on any atom is -0.342 e. The van der Waals surface area contributed by atoms with Crippen LogP contribution in [0.1, 0.15) is 53.9 Å². The molecule has 0 aromatic rings. The van der Waals surface area contributed by atoms with Crippen molar-refractivity contribution in [1.29, 1.82) is 0 Å². The third-order valence-electron chi connectivity index (χ3n) is 4.24. The number of hydrogen-bond acceptors (Lipinski definition) is 2. The summed E-state index contributed by atoms with van der Waals surface area (Å²) in [4.78, 5) is 26.5. The molecule has 0 aromatic heterocycles. The Bertz CT molecular complexity index is 330. The second-order valence-corrected chi connectivity index (χ2v) is 5.52.